The van der Waals surface area contributed by atoms with Crippen molar-refractivity contribution in [2.75, 3.05) is 26.2 Å². The van der Waals surface area contributed by atoms with E-state index < -0.39 is 0 Å². The molecule has 31 heavy (non-hydrogen) atoms. The van der Waals surface area contributed by atoms with Crippen LogP contribution in [0.3, 0.4) is 0 Å². The number of likely N-dealkylation sites (tertiary alicyclic amines) is 1. The predicted molar refractivity (Wildman–Crippen MR) is 138 cm³/mol. The van der Waals surface area contributed by atoms with Crippen molar-refractivity contribution in [2.24, 2.45) is 12.0 Å². The van der Waals surface area contributed by atoms with Gasteiger partial charge in [-0.3, -0.25) is 4.90 Å². The Labute approximate surface area is 204 Å². The lowest BCUT2D eigenvalue weighted by molar-refractivity contribution is 0.267. The number of likely N-dealkylation sites (N-methyl/N-ethyl adjacent to an activating group) is 1. The van der Waals surface area contributed by atoms with Crippen molar-refractivity contribution in [1.29, 1.82) is 0 Å². The number of nitrogens with zero attached hydrogens (tertiary/aromatic N) is 5. The highest BCUT2D eigenvalue weighted by molar-refractivity contribution is 14.0. The van der Waals surface area contributed by atoms with E-state index in [-0.39, 0.29) is 24.0 Å². The Bertz CT molecular complexity index is 841. The molecule has 1 fully saturated rings. The van der Waals surface area contributed by atoms with Crippen LogP contribution < -0.4 is 10.6 Å². The number of rotatable bonds is 8. The smallest absolute Gasteiger partial charge is 0.191 e. The fourth-order valence-electron chi connectivity index (χ4n) is 4.22. The Morgan fingerprint density at radius 1 is 1.16 bits per heavy atom. The van der Waals surface area contributed by atoms with E-state index in [2.05, 4.69) is 64.7 Å². The topological polar surface area (TPSA) is 70.4 Å². The summed E-state index contributed by atoms with van der Waals surface area (Å²) in [5, 5.41) is 15.5. The third-order valence-corrected chi connectivity index (χ3v) is 6.28. The number of aliphatic imine (C=N–C) groups is 1. The minimum absolute atomic E-state index is 0. The maximum Gasteiger partial charge on any atom is 0.191 e. The van der Waals surface area contributed by atoms with Crippen molar-refractivity contribution in [3.05, 3.63) is 46.5 Å². The van der Waals surface area contributed by atoms with Gasteiger partial charge in [-0.1, -0.05) is 25.1 Å². The van der Waals surface area contributed by atoms with Crippen LogP contribution in [0.2, 0.25) is 0 Å². The standard InChI is InChI=1S/C23H37N7.HI/c1-6-30-14-8-11-20(30)15-25-23(26-16-22-28-27-19(4)29(22)5)24-13-12-21-17(2)9-7-10-18(21)3;/h7,9-10,20H,6,8,11-16H2,1-5H3,(H2,24,25,26);1H. The molecule has 1 aromatic heterocycles. The van der Waals surface area contributed by atoms with Crippen molar-refractivity contribution in [3.8, 4) is 0 Å². The molecule has 2 N–H and O–H groups in total. The summed E-state index contributed by atoms with van der Waals surface area (Å²) in [6.45, 7) is 13.2. The summed E-state index contributed by atoms with van der Waals surface area (Å²) in [7, 11) is 1.99. The zero-order valence-corrected chi connectivity index (χ0v) is 21.9. The molecule has 1 aliphatic rings. The molecule has 1 unspecified atom stereocenters. The van der Waals surface area contributed by atoms with Crippen LogP contribution in [0.15, 0.2) is 23.2 Å². The van der Waals surface area contributed by atoms with Crippen molar-refractivity contribution in [3.63, 3.8) is 0 Å². The van der Waals surface area contributed by atoms with Crippen LogP contribution >= 0.6 is 24.0 Å². The molecular formula is C23H38IN7. The van der Waals surface area contributed by atoms with Crippen molar-refractivity contribution in [2.45, 2.75) is 59.5 Å². The van der Waals surface area contributed by atoms with Gasteiger partial charge < -0.3 is 15.2 Å². The minimum Gasteiger partial charge on any atom is -0.356 e. The van der Waals surface area contributed by atoms with Crippen molar-refractivity contribution in [1.82, 2.24) is 30.3 Å². The quantitative estimate of drug-likeness (QED) is 0.307. The molecule has 3 rings (SSSR count). The van der Waals surface area contributed by atoms with Crippen molar-refractivity contribution < 1.29 is 0 Å². The fourth-order valence-corrected chi connectivity index (χ4v) is 4.22. The number of aromatic nitrogens is 3. The zero-order valence-electron chi connectivity index (χ0n) is 19.6. The predicted octanol–water partition coefficient (Wildman–Crippen LogP) is 3.12. The first-order valence-corrected chi connectivity index (χ1v) is 11.2. The Balaban J connectivity index is 0.00000341. The number of nitrogens with one attached hydrogen (secondary N) is 2. The van der Waals surface area contributed by atoms with Gasteiger partial charge in [-0.05, 0) is 69.8 Å². The lowest BCUT2D eigenvalue weighted by Crippen LogP contribution is -2.45. The van der Waals surface area contributed by atoms with Crippen LogP contribution in [0.25, 0.3) is 0 Å². The second-order valence-electron chi connectivity index (χ2n) is 8.24. The van der Waals surface area contributed by atoms with Gasteiger partial charge in [0.2, 0.25) is 0 Å². The summed E-state index contributed by atoms with van der Waals surface area (Å²) >= 11 is 0. The third kappa shape index (κ3) is 6.90. The summed E-state index contributed by atoms with van der Waals surface area (Å²) in [5.74, 6) is 2.63. The second-order valence-corrected chi connectivity index (χ2v) is 8.24. The van der Waals surface area contributed by atoms with Gasteiger partial charge in [0.1, 0.15) is 12.4 Å². The van der Waals surface area contributed by atoms with E-state index in [0.717, 1.165) is 43.7 Å². The van der Waals surface area contributed by atoms with E-state index >= 15 is 0 Å². The average molecular weight is 540 g/mol. The third-order valence-electron chi connectivity index (χ3n) is 6.28. The highest BCUT2D eigenvalue weighted by Crippen LogP contribution is 2.16. The Morgan fingerprint density at radius 2 is 1.90 bits per heavy atom. The highest BCUT2D eigenvalue weighted by Gasteiger charge is 2.22. The van der Waals surface area contributed by atoms with E-state index in [1.807, 2.05) is 18.5 Å². The average Bonchev–Trinajstić information content (AvgIpc) is 3.32. The molecule has 0 radical (unpaired) electrons. The number of benzene rings is 1. The lowest BCUT2D eigenvalue weighted by atomic mass is 10.0. The first kappa shape index (κ1) is 25.6. The minimum atomic E-state index is 0. The SMILES string of the molecule is CCN1CCCC1CNC(=NCc1nnc(C)n1C)NCCc1c(C)cccc1C.I. The zero-order chi connectivity index (χ0) is 21.5. The van der Waals surface area contributed by atoms with Gasteiger partial charge >= 0.3 is 0 Å². The van der Waals surface area contributed by atoms with Crippen molar-refractivity contribution >= 4 is 29.9 Å². The summed E-state index contributed by atoms with van der Waals surface area (Å²) in [6, 6.07) is 7.08. The van der Waals surface area contributed by atoms with Crippen LogP contribution in [0.1, 0.15) is 48.1 Å². The Hall–Kier alpha value is -1.68. The van der Waals surface area contributed by atoms with Gasteiger partial charge in [0.25, 0.3) is 0 Å². The molecule has 1 aromatic carbocycles. The summed E-state index contributed by atoms with van der Waals surface area (Å²) in [6.07, 6.45) is 3.51. The molecule has 8 heteroatoms. The first-order chi connectivity index (χ1) is 14.5. The molecular weight excluding hydrogens is 501 g/mol. The van der Waals surface area contributed by atoms with Gasteiger partial charge in [0.15, 0.2) is 11.8 Å². The van der Waals surface area contributed by atoms with E-state index in [9.17, 15) is 0 Å². The maximum atomic E-state index is 4.81. The van der Waals surface area contributed by atoms with Crippen LogP contribution in [-0.2, 0) is 20.0 Å². The molecule has 1 saturated heterocycles. The molecule has 0 bridgehead atoms. The summed E-state index contributed by atoms with van der Waals surface area (Å²) in [4.78, 5) is 7.36. The van der Waals surface area contributed by atoms with Gasteiger partial charge in [0, 0.05) is 26.2 Å². The molecule has 172 valence electrons. The number of aryl methyl sites for hydroxylation is 3. The number of hydrogen-bond acceptors (Lipinski definition) is 4. The van der Waals surface area contributed by atoms with E-state index in [0.29, 0.717) is 12.6 Å². The van der Waals surface area contributed by atoms with Gasteiger partial charge in [-0.2, -0.15) is 0 Å². The molecule has 1 atom stereocenters. The van der Waals surface area contributed by atoms with E-state index in [1.165, 1.54) is 36.1 Å². The first-order valence-electron chi connectivity index (χ1n) is 11.2. The Morgan fingerprint density at radius 3 is 2.55 bits per heavy atom. The number of halogens is 1. The number of hydrogen-bond donors (Lipinski definition) is 2. The summed E-state index contributed by atoms with van der Waals surface area (Å²) < 4.78 is 1.99. The monoisotopic (exact) mass is 539 g/mol. The molecule has 0 amide bonds. The largest absolute Gasteiger partial charge is 0.356 e. The van der Waals surface area contributed by atoms with Crippen LogP contribution in [-0.4, -0.2) is 57.8 Å². The van der Waals surface area contributed by atoms with E-state index in [4.69, 9.17) is 4.99 Å². The van der Waals surface area contributed by atoms with Crippen LogP contribution in [0, 0.1) is 20.8 Å². The molecule has 2 heterocycles. The molecule has 0 aliphatic carbocycles. The highest BCUT2D eigenvalue weighted by atomic mass is 127. The molecule has 0 saturated carbocycles. The number of guanidine groups is 1. The normalized spacial score (nSPS) is 16.9. The Kier molecular flexibility index (Phi) is 10.2. The van der Waals surface area contributed by atoms with Crippen LogP contribution in [0.5, 0.6) is 0 Å². The van der Waals surface area contributed by atoms with Gasteiger partial charge in [-0.25, -0.2) is 4.99 Å². The van der Waals surface area contributed by atoms with Crippen LogP contribution in [0.4, 0.5) is 0 Å². The summed E-state index contributed by atoms with van der Waals surface area (Å²) in [5.41, 5.74) is 4.12. The lowest BCUT2D eigenvalue weighted by Gasteiger charge is -2.24. The van der Waals surface area contributed by atoms with Gasteiger partial charge in [0.05, 0.1) is 0 Å². The van der Waals surface area contributed by atoms with E-state index in [1.54, 1.807) is 0 Å². The fraction of sp³-hybridized carbons (Fsp3) is 0.609. The second kappa shape index (κ2) is 12.4. The molecule has 7 nitrogen and oxygen atoms in total. The molecule has 0 spiro atoms. The molecule has 1 aliphatic heterocycles. The van der Waals surface area contributed by atoms with Gasteiger partial charge in [-0.15, -0.1) is 34.2 Å². The molecule has 2 aromatic rings. The maximum absolute atomic E-state index is 4.81.